The lowest BCUT2D eigenvalue weighted by Crippen LogP contribution is -1.89. The highest BCUT2D eigenvalue weighted by Gasteiger charge is 2.17. The van der Waals surface area contributed by atoms with Crippen molar-refractivity contribution in [3.8, 4) is 10.8 Å². The lowest BCUT2D eigenvalue weighted by Gasteiger charge is -1.98. The minimum Gasteiger partial charge on any atom is -0.410 e. The van der Waals surface area contributed by atoms with Crippen LogP contribution in [0.3, 0.4) is 0 Å². The van der Waals surface area contributed by atoms with Gasteiger partial charge in [-0.3, -0.25) is 0 Å². The van der Waals surface area contributed by atoms with Crippen molar-refractivity contribution in [3.63, 3.8) is 0 Å². The maximum Gasteiger partial charge on any atom is 0.276 e. The van der Waals surface area contributed by atoms with E-state index in [0.717, 1.165) is 20.7 Å². The molecule has 1 aromatic carbocycles. The molecule has 0 unspecified atom stereocenters. The lowest BCUT2D eigenvalue weighted by molar-refractivity contribution is 0.466. The summed E-state index contributed by atoms with van der Waals surface area (Å²) >= 11 is 9.56. The van der Waals surface area contributed by atoms with Gasteiger partial charge in [-0.2, -0.15) is 0 Å². The Hall–Kier alpha value is -1.04. The Morgan fingerprint density at radius 1 is 1.30 bits per heavy atom. The molecule has 0 atom stereocenters. The second-order valence-corrected chi connectivity index (χ2v) is 7.22. The minimum absolute atomic E-state index is 0.502. The topological polar surface area (TPSA) is 38.9 Å². The number of rotatable bonds is 4. The second-order valence-electron chi connectivity index (χ2n) is 4.82. The Morgan fingerprint density at radius 2 is 2.10 bits per heavy atom. The molecule has 0 aliphatic heterocycles. The predicted molar refractivity (Wildman–Crippen MR) is 85.7 cm³/mol. The molecule has 0 saturated carbocycles. The summed E-state index contributed by atoms with van der Waals surface area (Å²) in [5.41, 5.74) is 0. The number of thioether (sulfide) groups is 1. The van der Waals surface area contributed by atoms with E-state index in [9.17, 15) is 0 Å². The van der Waals surface area contributed by atoms with Gasteiger partial charge < -0.3 is 4.42 Å². The van der Waals surface area contributed by atoms with Crippen LogP contribution in [-0.4, -0.2) is 16.0 Å². The van der Waals surface area contributed by atoms with E-state index in [1.165, 1.54) is 0 Å². The average Bonchev–Trinajstić information content (AvgIpc) is 3.02. The molecule has 0 amide bonds. The average molecular weight is 325 g/mol. The molecule has 2 heterocycles. The van der Waals surface area contributed by atoms with Crippen molar-refractivity contribution in [1.29, 1.82) is 0 Å². The fraction of sp³-hybridized carbons (Fsp3) is 0.286. The van der Waals surface area contributed by atoms with E-state index >= 15 is 0 Å². The van der Waals surface area contributed by atoms with Crippen LogP contribution in [0.5, 0.6) is 0 Å². The van der Waals surface area contributed by atoms with E-state index in [1.54, 1.807) is 23.1 Å². The van der Waals surface area contributed by atoms with Crippen molar-refractivity contribution < 1.29 is 4.42 Å². The van der Waals surface area contributed by atoms with Gasteiger partial charge in [0.15, 0.2) is 0 Å². The number of aromatic nitrogens is 2. The fourth-order valence-electron chi connectivity index (χ4n) is 1.75. The van der Waals surface area contributed by atoms with Gasteiger partial charge in [0.25, 0.3) is 11.1 Å². The SMILES string of the molecule is CC(C)CSc1nnc(-c2sc3ccccc3c2Cl)o1. The van der Waals surface area contributed by atoms with Gasteiger partial charge in [0.2, 0.25) is 0 Å². The first kappa shape index (κ1) is 13.9. The van der Waals surface area contributed by atoms with Gasteiger partial charge in [-0.15, -0.1) is 21.5 Å². The molecule has 0 aliphatic carbocycles. The van der Waals surface area contributed by atoms with E-state index in [2.05, 4.69) is 24.0 Å². The molecule has 104 valence electrons. The van der Waals surface area contributed by atoms with Gasteiger partial charge in [-0.25, -0.2) is 0 Å². The number of nitrogens with zero attached hydrogens (tertiary/aromatic N) is 2. The molecule has 2 aromatic heterocycles. The van der Waals surface area contributed by atoms with Crippen LogP contribution < -0.4 is 0 Å². The fourth-order valence-corrected chi connectivity index (χ4v) is 3.90. The van der Waals surface area contributed by atoms with Crippen LogP contribution in [0.15, 0.2) is 33.9 Å². The molecule has 0 aliphatic rings. The molecule has 0 spiro atoms. The molecular formula is C14H13ClN2OS2. The number of halogens is 1. The molecule has 0 saturated heterocycles. The Kier molecular flexibility index (Phi) is 4.01. The number of benzene rings is 1. The summed E-state index contributed by atoms with van der Waals surface area (Å²) < 4.78 is 6.82. The summed E-state index contributed by atoms with van der Waals surface area (Å²) in [6.07, 6.45) is 0. The Balaban J connectivity index is 1.93. The van der Waals surface area contributed by atoms with Crippen molar-refractivity contribution in [1.82, 2.24) is 10.2 Å². The molecule has 3 rings (SSSR count). The Morgan fingerprint density at radius 3 is 2.85 bits per heavy atom. The first-order chi connectivity index (χ1) is 9.65. The monoisotopic (exact) mass is 324 g/mol. The van der Waals surface area contributed by atoms with Crippen LogP contribution in [0, 0.1) is 5.92 Å². The van der Waals surface area contributed by atoms with Gasteiger partial charge >= 0.3 is 0 Å². The van der Waals surface area contributed by atoms with Crippen LogP contribution in [-0.2, 0) is 0 Å². The quantitative estimate of drug-likeness (QED) is 0.606. The van der Waals surface area contributed by atoms with E-state index in [1.807, 2.05) is 24.3 Å². The number of thiophene rings is 1. The van der Waals surface area contributed by atoms with Gasteiger partial charge in [0.05, 0.1) is 5.02 Å². The van der Waals surface area contributed by atoms with E-state index < -0.39 is 0 Å². The zero-order valence-electron chi connectivity index (χ0n) is 11.1. The summed E-state index contributed by atoms with van der Waals surface area (Å²) in [6.45, 7) is 4.32. The maximum absolute atomic E-state index is 6.40. The summed E-state index contributed by atoms with van der Waals surface area (Å²) in [5, 5.41) is 10.5. The molecular weight excluding hydrogens is 312 g/mol. The zero-order chi connectivity index (χ0) is 14.1. The number of hydrogen-bond donors (Lipinski definition) is 0. The van der Waals surface area contributed by atoms with Gasteiger partial charge in [0, 0.05) is 15.8 Å². The molecule has 6 heteroatoms. The zero-order valence-corrected chi connectivity index (χ0v) is 13.5. The molecule has 0 bridgehead atoms. The van der Waals surface area contributed by atoms with Gasteiger partial charge in [0.1, 0.15) is 4.88 Å². The first-order valence-corrected chi connectivity index (χ1v) is 8.47. The summed E-state index contributed by atoms with van der Waals surface area (Å²) in [5.74, 6) is 2.05. The molecule has 0 N–H and O–H groups in total. The standard InChI is InChI=1S/C14H13ClN2OS2/c1-8(2)7-19-14-17-16-13(18-14)12-11(15)9-5-3-4-6-10(9)20-12/h3-6,8H,7H2,1-2H3. The van der Waals surface area contributed by atoms with Crippen molar-refractivity contribution >= 4 is 44.8 Å². The minimum atomic E-state index is 0.502. The molecule has 3 aromatic rings. The normalized spacial score (nSPS) is 11.6. The second kappa shape index (κ2) is 5.76. The highest BCUT2D eigenvalue weighted by atomic mass is 35.5. The first-order valence-electron chi connectivity index (χ1n) is 6.29. The largest absolute Gasteiger partial charge is 0.410 e. The highest BCUT2D eigenvalue weighted by Crippen LogP contribution is 2.41. The van der Waals surface area contributed by atoms with Crippen LogP contribution in [0.2, 0.25) is 5.02 Å². The van der Waals surface area contributed by atoms with Gasteiger partial charge in [-0.1, -0.05) is 55.4 Å². The summed E-state index contributed by atoms with van der Waals surface area (Å²) in [7, 11) is 0. The van der Waals surface area contributed by atoms with Crippen LogP contribution >= 0.6 is 34.7 Å². The lowest BCUT2D eigenvalue weighted by atomic mass is 10.2. The van der Waals surface area contributed by atoms with Crippen LogP contribution in [0.4, 0.5) is 0 Å². The van der Waals surface area contributed by atoms with E-state index in [-0.39, 0.29) is 0 Å². The number of fused-ring (bicyclic) bond motifs is 1. The third kappa shape index (κ3) is 2.71. The molecule has 20 heavy (non-hydrogen) atoms. The van der Waals surface area contributed by atoms with Crippen LogP contribution in [0.1, 0.15) is 13.8 Å². The maximum atomic E-state index is 6.40. The smallest absolute Gasteiger partial charge is 0.276 e. The third-order valence-electron chi connectivity index (χ3n) is 2.68. The van der Waals surface area contributed by atoms with Crippen molar-refractivity contribution in [2.45, 2.75) is 19.1 Å². The van der Waals surface area contributed by atoms with Crippen molar-refractivity contribution in [2.75, 3.05) is 5.75 Å². The van der Waals surface area contributed by atoms with E-state index in [4.69, 9.17) is 16.0 Å². The molecule has 0 radical (unpaired) electrons. The Labute approximate surface area is 130 Å². The number of hydrogen-bond acceptors (Lipinski definition) is 5. The summed E-state index contributed by atoms with van der Waals surface area (Å²) in [6, 6.07) is 8.02. The van der Waals surface area contributed by atoms with Gasteiger partial charge in [-0.05, 0) is 12.0 Å². The van der Waals surface area contributed by atoms with Crippen molar-refractivity contribution in [2.24, 2.45) is 5.92 Å². The third-order valence-corrected chi connectivity index (χ3v) is 5.58. The Bertz CT molecular complexity index is 736. The molecule has 3 nitrogen and oxygen atoms in total. The van der Waals surface area contributed by atoms with Crippen molar-refractivity contribution in [3.05, 3.63) is 29.3 Å². The highest BCUT2D eigenvalue weighted by molar-refractivity contribution is 7.99. The molecule has 0 fully saturated rings. The summed E-state index contributed by atoms with van der Waals surface area (Å²) in [4.78, 5) is 0.844. The predicted octanol–water partition coefficient (Wildman–Crippen LogP) is 5.35. The van der Waals surface area contributed by atoms with E-state index in [0.29, 0.717) is 22.1 Å². The van der Waals surface area contributed by atoms with Crippen LogP contribution in [0.25, 0.3) is 20.9 Å².